The molecular weight excluding hydrogens is 201 g/mol. The molecule has 0 amide bonds. The molecule has 80 valence electrons. The van der Waals surface area contributed by atoms with Crippen molar-refractivity contribution in [2.75, 3.05) is 6.61 Å². The lowest BCUT2D eigenvalue weighted by atomic mass is 9.99. The monoisotopic (exact) mass is 211 g/mol. The van der Waals surface area contributed by atoms with Crippen LogP contribution in [0.4, 0.5) is 4.39 Å². The van der Waals surface area contributed by atoms with Gasteiger partial charge in [0.25, 0.3) is 0 Å². The molecule has 1 atom stereocenters. The fraction of sp³-hybridized carbons (Fsp3) is 0.300. The second kappa shape index (κ2) is 3.51. The molecule has 4 nitrogen and oxygen atoms in total. The number of hydrogen-bond donors (Lipinski definition) is 2. The highest BCUT2D eigenvalue weighted by atomic mass is 19.1. The topological polar surface area (TPSA) is 72.5 Å². The summed E-state index contributed by atoms with van der Waals surface area (Å²) in [6.45, 7) is 0.359. The molecular formula is C10H10FNO3. The molecule has 0 bridgehead atoms. The quantitative estimate of drug-likeness (QED) is 0.734. The third-order valence-electron chi connectivity index (χ3n) is 2.39. The highest BCUT2D eigenvalue weighted by Gasteiger charge is 2.23. The molecule has 15 heavy (non-hydrogen) atoms. The van der Waals surface area contributed by atoms with Gasteiger partial charge in [-0.05, 0) is 12.1 Å². The predicted octanol–water partition coefficient (Wildman–Crippen LogP) is 1.31. The first-order valence-electron chi connectivity index (χ1n) is 4.54. The molecule has 0 radical (unpaired) electrons. The van der Waals surface area contributed by atoms with Crippen molar-refractivity contribution in [2.45, 2.75) is 12.5 Å². The van der Waals surface area contributed by atoms with Gasteiger partial charge in [-0.15, -0.1) is 0 Å². The van der Waals surface area contributed by atoms with E-state index in [1.165, 1.54) is 6.07 Å². The van der Waals surface area contributed by atoms with Crippen molar-refractivity contribution in [1.29, 1.82) is 0 Å². The molecule has 0 fully saturated rings. The number of benzene rings is 1. The van der Waals surface area contributed by atoms with Crippen molar-refractivity contribution in [3.8, 4) is 5.75 Å². The highest BCUT2D eigenvalue weighted by Crippen LogP contribution is 2.33. The standard InChI is InChI=1S/C10H10FNO3/c11-7-4-5(10(13)14)3-6-8(12)1-2-15-9(6)7/h3-4,8H,1-2,12H2,(H,13,14)/t8-/m0/s1. The van der Waals surface area contributed by atoms with Crippen LogP contribution >= 0.6 is 0 Å². The van der Waals surface area contributed by atoms with Gasteiger partial charge in [0.2, 0.25) is 0 Å². The number of ether oxygens (including phenoxy) is 1. The van der Waals surface area contributed by atoms with Crippen molar-refractivity contribution in [2.24, 2.45) is 5.73 Å². The SMILES string of the molecule is N[C@H]1CCOc2c(F)cc(C(=O)O)cc21. The summed E-state index contributed by atoms with van der Waals surface area (Å²) < 4.78 is 18.5. The van der Waals surface area contributed by atoms with Crippen molar-refractivity contribution in [3.05, 3.63) is 29.1 Å². The minimum atomic E-state index is -1.17. The second-order valence-electron chi connectivity index (χ2n) is 3.43. The molecule has 1 aromatic rings. The van der Waals surface area contributed by atoms with E-state index < -0.39 is 11.8 Å². The zero-order chi connectivity index (χ0) is 11.0. The van der Waals surface area contributed by atoms with Gasteiger partial charge >= 0.3 is 5.97 Å². The van der Waals surface area contributed by atoms with Crippen LogP contribution in [0.5, 0.6) is 5.75 Å². The highest BCUT2D eigenvalue weighted by molar-refractivity contribution is 5.88. The molecule has 0 aromatic heterocycles. The van der Waals surface area contributed by atoms with Crippen molar-refractivity contribution >= 4 is 5.97 Å². The maximum absolute atomic E-state index is 13.4. The van der Waals surface area contributed by atoms with Crippen molar-refractivity contribution in [3.63, 3.8) is 0 Å². The molecule has 1 aliphatic heterocycles. The van der Waals surface area contributed by atoms with Crippen molar-refractivity contribution < 1.29 is 19.0 Å². The number of carboxylic acids is 1. The summed E-state index contributed by atoms with van der Waals surface area (Å²) in [5, 5.41) is 8.75. The van der Waals surface area contributed by atoms with E-state index in [2.05, 4.69) is 0 Å². The van der Waals surface area contributed by atoms with E-state index in [9.17, 15) is 9.18 Å². The van der Waals surface area contributed by atoms with E-state index >= 15 is 0 Å². The van der Waals surface area contributed by atoms with Crippen LogP contribution in [0.1, 0.15) is 28.4 Å². The lowest BCUT2D eigenvalue weighted by molar-refractivity contribution is 0.0696. The lowest BCUT2D eigenvalue weighted by Gasteiger charge is -2.23. The second-order valence-corrected chi connectivity index (χ2v) is 3.43. The Morgan fingerprint density at radius 1 is 1.60 bits per heavy atom. The minimum Gasteiger partial charge on any atom is -0.490 e. The number of carboxylic acid groups (broad SMARTS) is 1. The van der Waals surface area contributed by atoms with E-state index in [1.54, 1.807) is 0 Å². The Labute approximate surface area is 85.5 Å². The van der Waals surface area contributed by atoms with Crippen molar-refractivity contribution in [1.82, 2.24) is 0 Å². The third-order valence-corrected chi connectivity index (χ3v) is 2.39. The molecule has 0 unspecified atom stereocenters. The summed E-state index contributed by atoms with van der Waals surface area (Å²) in [7, 11) is 0. The third kappa shape index (κ3) is 1.66. The van der Waals surface area contributed by atoms with Gasteiger partial charge < -0.3 is 15.6 Å². The summed E-state index contributed by atoms with van der Waals surface area (Å²) in [4.78, 5) is 10.7. The number of carbonyl (C=O) groups is 1. The van der Waals surface area contributed by atoms with Crippen LogP contribution in [0.25, 0.3) is 0 Å². The first-order chi connectivity index (χ1) is 7.09. The summed E-state index contributed by atoms with van der Waals surface area (Å²) >= 11 is 0. The molecule has 3 N–H and O–H groups in total. The molecule has 1 heterocycles. The smallest absolute Gasteiger partial charge is 0.335 e. The normalized spacial score (nSPS) is 19.2. The van der Waals surface area contributed by atoms with E-state index in [1.807, 2.05) is 0 Å². The number of hydrogen-bond acceptors (Lipinski definition) is 3. The molecule has 1 aliphatic rings. The molecule has 1 aromatic carbocycles. The number of aromatic carboxylic acids is 1. The molecule has 0 saturated heterocycles. The summed E-state index contributed by atoms with van der Waals surface area (Å²) in [6.07, 6.45) is 0.565. The van der Waals surface area contributed by atoms with Crippen LogP contribution in [0.2, 0.25) is 0 Å². The Hall–Kier alpha value is -1.62. The van der Waals surface area contributed by atoms with Crippen LogP contribution in [0, 0.1) is 5.82 Å². The fourth-order valence-corrected chi connectivity index (χ4v) is 1.61. The summed E-state index contributed by atoms with van der Waals surface area (Å²) in [5.74, 6) is -1.76. The van der Waals surface area contributed by atoms with Gasteiger partial charge in [0.1, 0.15) is 0 Å². The van der Waals surface area contributed by atoms with E-state index in [0.29, 0.717) is 18.6 Å². The minimum absolute atomic E-state index is 0.0822. The first-order valence-corrected chi connectivity index (χ1v) is 4.54. The predicted molar refractivity (Wildman–Crippen MR) is 50.4 cm³/mol. The Morgan fingerprint density at radius 2 is 2.33 bits per heavy atom. The van der Waals surface area contributed by atoms with Gasteiger partial charge in [-0.1, -0.05) is 0 Å². The van der Waals surface area contributed by atoms with Gasteiger partial charge in [0, 0.05) is 18.0 Å². The fourth-order valence-electron chi connectivity index (χ4n) is 1.61. The maximum Gasteiger partial charge on any atom is 0.335 e. The zero-order valence-corrected chi connectivity index (χ0v) is 7.87. The van der Waals surface area contributed by atoms with Crippen LogP contribution in [0.3, 0.4) is 0 Å². The van der Waals surface area contributed by atoms with E-state index in [-0.39, 0.29) is 17.4 Å². The van der Waals surface area contributed by atoms with Gasteiger partial charge in [0.15, 0.2) is 11.6 Å². The van der Waals surface area contributed by atoms with Crippen LogP contribution in [0.15, 0.2) is 12.1 Å². The van der Waals surface area contributed by atoms with E-state index in [4.69, 9.17) is 15.6 Å². The molecule has 2 rings (SSSR count). The van der Waals surface area contributed by atoms with Crippen LogP contribution in [-0.2, 0) is 0 Å². The Morgan fingerprint density at radius 3 is 3.00 bits per heavy atom. The molecule has 0 spiro atoms. The van der Waals surface area contributed by atoms with Crippen LogP contribution in [-0.4, -0.2) is 17.7 Å². The van der Waals surface area contributed by atoms with Crippen LogP contribution < -0.4 is 10.5 Å². The summed E-state index contributed by atoms with van der Waals surface area (Å²) in [6, 6.07) is 1.95. The van der Waals surface area contributed by atoms with Gasteiger partial charge in [-0.2, -0.15) is 0 Å². The largest absolute Gasteiger partial charge is 0.490 e. The van der Waals surface area contributed by atoms with Gasteiger partial charge in [0.05, 0.1) is 12.2 Å². The van der Waals surface area contributed by atoms with Gasteiger partial charge in [-0.3, -0.25) is 0 Å². The average Bonchev–Trinajstić information content (AvgIpc) is 2.19. The number of halogens is 1. The lowest BCUT2D eigenvalue weighted by Crippen LogP contribution is -2.22. The zero-order valence-electron chi connectivity index (χ0n) is 7.87. The number of fused-ring (bicyclic) bond motifs is 1. The molecule has 0 saturated carbocycles. The van der Waals surface area contributed by atoms with Gasteiger partial charge in [-0.25, -0.2) is 9.18 Å². The number of rotatable bonds is 1. The Bertz CT molecular complexity index is 419. The average molecular weight is 211 g/mol. The number of nitrogens with two attached hydrogens (primary N) is 1. The maximum atomic E-state index is 13.4. The van der Waals surface area contributed by atoms with E-state index in [0.717, 1.165) is 6.07 Å². The molecule has 5 heteroatoms. The summed E-state index contributed by atoms with van der Waals surface area (Å²) in [5.41, 5.74) is 6.07. The Kier molecular flexibility index (Phi) is 2.32. The molecule has 0 aliphatic carbocycles. The Balaban J connectivity index is 2.56. The first kappa shape index (κ1) is 9.92.